The number of halogens is 1. The van der Waals surface area contributed by atoms with Crippen LogP contribution in [0.15, 0.2) is 18.2 Å². The lowest BCUT2D eigenvalue weighted by Gasteiger charge is -2.20. The molecule has 0 aliphatic heterocycles. The van der Waals surface area contributed by atoms with Gasteiger partial charge >= 0.3 is 0 Å². The SMILES string of the molecule is CCc1cc(Cl)cc(C(C)(C)N)c1. The van der Waals surface area contributed by atoms with Crippen LogP contribution in [0.1, 0.15) is 31.9 Å². The van der Waals surface area contributed by atoms with E-state index in [1.54, 1.807) is 0 Å². The molecule has 0 aliphatic carbocycles. The summed E-state index contributed by atoms with van der Waals surface area (Å²) in [5, 5.41) is 0.771. The van der Waals surface area contributed by atoms with Crippen LogP contribution in [0.5, 0.6) is 0 Å². The maximum atomic E-state index is 5.99. The Morgan fingerprint density at radius 2 is 1.92 bits per heavy atom. The van der Waals surface area contributed by atoms with E-state index in [2.05, 4.69) is 13.0 Å². The van der Waals surface area contributed by atoms with E-state index in [1.807, 2.05) is 26.0 Å². The fourth-order valence-corrected chi connectivity index (χ4v) is 1.48. The minimum Gasteiger partial charge on any atom is -0.322 e. The Balaban J connectivity index is 3.16. The summed E-state index contributed by atoms with van der Waals surface area (Å²) < 4.78 is 0. The predicted molar refractivity (Wildman–Crippen MR) is 58.0 cm³/mol. The van der Waals surface area contributed by atoms with E-state index in [0.29, 0.717) is 0 Å². The second-order valence-corrected chi connectivity index (χ2v) is 4.36. The van der Waals surface area contributed by atoms with Gasteiger partial charge in [-0.3, -0.25) is 0 Å². The zero-order valence-electron chi connectivity index (χ0n) is 8.39. The molecule has 0 aromatic heterocycles. The molecule has 72 valence electrons. The molecule has 0 radical (unpaired) electrons. The van der Waals surface area contributed by atoms with Crippen molar-refractivity contribution in [2.45, 2.75) is 32.7 Å². The highest BCUT2D eigenvalue weighted by molar-refractivity contribution is 6.30. The Morgan fingerprint density at radius 3 is 2.38 bits per heavy atom. The molecular formula is C11H16ClN. The Kier molecular flexibility index (Phi) is 2.99. The van der Waals surface area contributed by atoms with E-state index in [9.17, 15) is 0 Å². The smallest absolute Gasteiger partial charge is 0.0412 e. The second-order valence-electron chi connectivity index (χ2n) is 3.92. The number of hydrogen-bond acceptors (Lipinski definition) is 1. The highest BCUT2D eigenvalue weighted by Crippen LogP contribution is 2.23. The zero-order valence-corrected chi connectivity index (χ0v) is 9.15. The van der Waals surface area contributed by atoms with Crippen molar-refractivity contribution >= 4 is 11.6 Å². The van der Waals surface area contributed by atoms with Gasteiger partial charge in [0.15, 0.2) is 0 Å². The van der Waals surface area contributed by atoms with Crippen molar-refractivity contribution in [3.8, 4) is 0 Å². The van der Waals surface area contributed by atoms with Gasteiger partial charge in [0.1, 0.15) is 0 Å². The number of rotatable bonds is 2. The summed E-state index contributed by atoms with van der Waals surface area (Å²) in [5.74, 6) is 0. The maximum absolute atomic E-state index is 5.99. The van der Waals surface area contributed by atoms with Gasteiger partial charge in [0.25, 0.3) is 0 Å². The fraction of sp³-hybridized carbons (Fsp3) is 0.455. The molecule has 0 saturated heterocycles. The van der Waals surface area contributed by atoms with E-state index >= 15 is 0 Å². The molecule has 0 heterocycles. The monoisotopic (exact) mass is 197 g/mol. The average molecular weight is 198 g/mol. The highest BCUT2D eigenvalue weighted by Gasteiger charge is 2.14. The zero-order chi connectivity index (χ0) is 10.1. The summed E-state index contributed by atoms with van der Waals surface area (Å²) in [6, 6.07) is 6.03. The highest BCUT2D eigenvalue weighted by atomic mass is 35.5. The molecule has 0 atom stereocenters. The van der Waals surface area contributed by atoms with Crippen molar-refractivity contribution in [3.63, 3.8) is 0 Å². The molecule has 1 nitrogen and oxygen atoms in total. The normalized spacial score (nSPS) is 11.8. The van der Waals surface area contributed by atoms with Crippen molar-refractivity contribution in [3.05, 3.63) is 34.3 Å². The van der Waals surface area contributed by atoms with Gasteiger partial charge in [0.05, 0.1) is 0 Å². The van der Waals surface area contributed by atoms with Crippen molar-refractivity contribution in [2.75, 3.05) is 0 Å². The van der Waals surface area contributed by atoms with Crippen LogP contribution in [-0.4, -0.2) is 0 Å². The largest absolute Gasteiger partial charge is 0.322 e. The second kappa shape index (κ2) is 3.69. The maximum Gasteiger partial charge on any atom is 0.0412 e. The first-order valence-corrected chi connectivity index (χ1v) is 4.90. The summed E-state index contributed by atoms with van der Waals surface area (Å²) in [5.41, 5.74) is 8.01. The lowest BCUT2D eigenvalue weighted by Crippen LogP contribution is -2.28. The van der Waals surface area contributed by atoms with E-state index < -0.39 is 0 Å². The standard InChI is InChI=1S/C11H16ClN/c1-4-8-5-9(11(2,3)13)7-10(12)6-8/h5-7H,4,13H2,1-3H3. The first-order valence-electron chi connectivity index (χ1n) is 4.52. The van der Waals surface area contributed by atoms with Crippen LogP contribution >= 0.6 is 11.6 Å². The summed E-state index contributed by atoms with van der Waals surface area (Å²) in [6.45, 7) is 6.08. The van der Waals surface area contributed by atoms with Gasteiger partial charge in [0, 0.05) is 10.6 Å². The van der Waals surface area contributed by atoms with Crippen LogP contribution < -0.4 is 5.73 Å². The third kappa shape index (κ3) is 2.71. The van der Waals surface area contributed by atoms with Gasteiger partial charge in [-0.25, -0.2) is 0 Å². The molecule has 0 aliphatic rings. The van der Waals surface area contributed by atoms with Crippen molar-refractivity contribution < 1.29 is 0 Å². The molecule has 0 spiro atoms. The Hall–Kier alpha value is -0.530. The Bertz CT molecular complexity index is 299. The van der Waals surface area contributed by atoms with Crippen LogP contribution in [-0.2, 0) is 12.0 Å². The molecule has 2 N–H and O–H groups in total. The van der Waals surface area contributed by atoms with Gasteiger partial charge in [-0.05, 0) is 43.5 Å². The third-order valence-corrected chi connectivity index (χ3v) is 2.33. The van der Waals surface area contributed by atoms with Crippen LogP contribution in [0.3, 0.4) is 0 Å². The molecule has 0 bridgehead atoms. The number of benzene rings is 1. The van der Waals surface area contributed by atoms with E-state index in [0.717, 1.165) is 17.0 Å². The lowest BCUT2D eigenvalue weighted by molar-refractivity contribution is 0.554. The summed E-state index contributed by atoms with van der Waals surface area (Å²) in [4.78, 5) is 0. The minimum atomic E-state index is -0.311. The van der Waals surface area contributed by atoms with Crippen LogP contribution in [0, 0.1) is 0 Å². The van der Waals surface area contributed by atoms with Crippen LogP contribution in [0.2, 0.25) is 5.02 Å². The summed E-state index contributed by atoms with van der Waals surface area (Å²) in [7, 11) is 0. The molecule has 0 fully saturated rings. The van der Waals surface area contributed by atoms with Gasteiger partial charge in [-0.1, -0.05) is 24.6 Å². The van der Waals surface area contributed by atoms with Gasteiger partial charge in [-0.15, -0.1) is 0 Å². The Morgan fingerprint density at radius 1 is 1.31 bits per heavy atom. The molecule has 0 unspecified atom stereocenters. The molecule has 0 saturated carbocycles. The number of nitrogens with two attached hydrogens (primary N) is 1. The van der Waals surface area contributed by atoms with E-state index in [-0.39, 0.29) is 5.54 Å². The molecule has 13 heavy (non-hydrogen) atoms. The predicted octanol–water partition coefficient (Wildman–Crippen LogP) is 3.10. The van der Waals surface area contributed by atoms with Gasteiger partial charge in [0.2, 0.25) is 0 Å². The van der Waals surface area contributed by atoms with Gasteiger partial charge < -0.3 is 5.73 Å². The van der Waals surface area contributed by atoms with Crippen molar-refractivity contribution in [2.24, 2.45) is 5.73 Å². The quantitative estimate of drug-likeness (QED) is 0.775. The molecule has 1 rings (SSSR count). The molecule has 0 amide bonds. The number of hydrogen-bond donors (Lipinski definition) is 1. The van der Waals surface area contributed by atoms with E-state index in [1.165, 1.54) is 5.56 Å². The van der Waals surface area contributed by atoms with Crippen molar-refractivity contribution in [1.82, 2.24) is 0 Å². The Labute approximate surface area is 84.9 Å². The minimum absolute atomic E-state index is 0.311. The van der Waals surface area contributed by atoms with Crippen LogP contribution in [0.4, 0.5) is 0 Å². The fourth-order valence-electron chi connectivity index (χ4n) is 1.23. The first-order chi connectivity index (χ1) is 5.93. The summed E-state index contributed by atoms with van der Waals surface area (Å²) in [6.07, 6.45) is 0.990. The van der Waals surface area contributed by atoms with E-state index in [4.69, 9.17) is 17.3 Å². The molecule has 1 aromatic rings. The molecule has 2 heteroatoms. The molecule has 1 aromatic carbocycles. The summed E-state index contributed by atoms with van der Waals surface area (Å²) >= 11 is 5.98. The van der Waals surface area contributed by atoms with Crippen LogP contribution in [0.25, 0.3) is 0 Å². The average Bonchev–Trinajstić information content (AvgIpc) is 2.01. The third-order valence-electron chi connectivity index (χ3n) is 2.11. The van der Waals surface area contributed by atoms with Crippen molar-refractivity contribution in [1.29, 1.82) is 0 Å². The number of aryl methyl sites for hydroxylation is 1. The lowest BCUT2D eigenvalue weighted by atomic mass is 9.93. The first kappa shape index (κ1) is 10.6. The molecular weight excluding hydrogens is 182 g/mol. The van der Waals surface area contributed by atoms with Gasteiger partial charge in [-0.2, -0.15) is 0 Å². The topological polar surface area (TPSA) is 26.0 Å².